The van der Waals surface area contributed by atoms with Gasteiger partial charge in [0, 0.05) is 0 Å². The van der Waals surface area contributed by atoms with Crippen LogP contribution in [0.1, 0.15) is 45.6 Å². The van der Waals surface area contributed by atoms with Gasteiger partial charge in [0.25, 0.3) is 8.68 Å². The van der Waals surface area contributed by atoms with Crippen molar-refractivity contribution >= 4 is 37.9 Å². The number of benzene rings is 1. The normalized spacial score (nSPS) is 26.2. The van der Waals surface area contributed by atoms with Gasteiger partial charge < -0.3 is 4.46 Å². The summed E-state index contributed by atoms with van der Waals surface area (Å²) in [5, 5.41) is 0. The molecule has 1 saturated heterocycles. The molecule has 3 rings (SSSR count). The number of aryl methyl sites for hydroxylation is 1. The topological polar surface area (TPSA) is 60.4 Å². The molecule has 0 radical (unpaired) electrons. The van der Waals surface area contributed by atoms with Crippen LogP contribution < -0.4 is 0 Å². The van der Waals surface area contributed by atoms with Crippen LogP contribution in [0.2, 0.25) is 13.1 Å². The van der Waals surface area contributed by atoms with Gasteiger partial charge in [0.1, 0.15) is 0 Å². The third kappa shape index (κ3) is 8.84. The van der Waals surface area contributed by atoms with Crippen LogP contribution in [-0.2, 0) is 25.1 Å². The van der Waals surface area contributed by atoms with Gasteiger partial charge in [0.05, 0.1) is 0 Å². The smallest absolute Gasteiger partial charge is 0.270 e. The van der Waals surface area contributed by atoms with Gasteiger partial charge in [0.2, 0.25) is 0 Å². The Hall–Kier alpha value is -0.828. The maximum atomic E-state index is 11.8. The SMILES string of the molecule is CC(C)(C)[C@@H](/C=C/[C@@H]1[C@H]2CC(=O)O[C@H]2C[C@H]1PPB=O)CCc1ccccc1.C[Si](C)=O. The van der Waals surface area contributed by atoms with E-state index in [1.54, 1.807) is 13.1 Å². The van der Waals surface area contributed by atoms with E-state index >= 15 is 0 Å². The Bertz CT molecular complexity index is 793. The van der Waals surface area contributed by atoms with Crippen molar-refractivity contribution in [1.29, 1.82) is 0 Å². The summed E-state index contributed by atoms with van der Waals surface area (Å²) in [5.41, 5.74) is 2.05. The van der Waals surface area contributed by atoms with Crippen molar-refractivity contribution in [2.75, 3.05) is 0 Å². The van der Waals surface area contributed by atoms with Crippen LogP contribution in [0, 0.1) is 23.2 Å². The second-order valence-electron chi connectivity index (χ2n) is 10.0. The summed E-state index contributed by atoms with van der Waals surface area (Å²) in [6.45, 7) is 11.4. The van der Waals surface area contributed by atoms with Crippen molar-refractivity contribution in [1.82, 2.24) is 0 Å². The maximum absolute atomic E-state index is 11.8. The number of ether oxygens (including phenoxy) is 1. The van der Waals surface area contributed by atoms with E-state index in [0.717, 1.165) is 26.1 Å². The summed E-state index contributed by atoms with van der Waals surface area (Å²) in [6, 6.07) is 10.7. The summed E-state index contributed by atoms with van der Waals surface area (Å²) >= 11 is 0. The Morgan fingerprint density at radius 1 is 1.25 bits per heavy atom. The molecule has 0 N–H and O–H groups in total. The summed E-state index contributed by atoms with van der Waals surface area (Å²) in [7, 11) is -0.101. The molecule has 1 aliphatic carbocycles. The molecule has 2 unspecified atom stereocenters. The Kier molecular flexibility index (Phi) is 11.3. The minimum atomic E-state index is -1.13. The van der Waals surface area contributed by atoms with Crippen LogP contribution in [-0.4, -0.2) is 33.3 Å². The zero-order valence-electron chi connectivity index (χ0n) is 20.0. The fraction of sp³-hybridized carbons (Fsp3) is 0.625. The first-order valence-corrected chi connectivity index (χ1v) is 17.0. The van der Waals surface area contributed by atoms with Crippen molar-refractivity contribution in [2.24, 2.45) is 23.2 Å². The fourth-order valence-corrected chi connectivity index (χ4v) is 7.52. The number of esters is 1. The third-order valence-electron chi connectivity index (χ3n) is 6.20. The first-order valence-electron chi connectivity index (χ1n) is 11.5. The number of hydrogen-bond donors (Lipinski definition) is 0. The molecule has 4 nitrogen and oxygen atoms in total. The van der Waals surface area contributed by atoms with Gasteiger partial charge in [-0.1, -0.05) is 6.07 Å². The standard InChI is InChI=1S/C22H31BO3P2.C2H6OSi/c1-22(2,3)16(10-9-15-7-5-4-6-8-15)11-12-17-18-13-21(24)26-19(18)14-20(17)27-28-23-25;1-4(2)3/h4-8,11-12,16-20,27-28H,9-10,13-14H2,1-3H3;1-2H3/b12-11+;/t16-,17-,18-,19+,20-;/m1./s1. The molecule has 1 aromatic carbocycles. The Balaban J connectivity index is 0.000000837. The predicted molar refractivity (Wildman–Crippen MR) is 138 cm³/mol. The average Bonchev–Trinajstić information content (AvgIpc) is 3.21. The van der Waals surface area contributed by atoms with Crippen molar-refractivity contribution in [3.05, 3.63) is 48.0 Å². The minimum Gasteiger partial charge on any atom is -0.389 e. The van der Waals surface area contributed by atoms with E-state index in [1.165, 1.54) is 5.56 Å². The van der Waals surface area contributed by atoms with Gasteiger partial charge in [0.15, 0.2) is 0 Å². The Morgan fingerprint density at radius 3 is 2.50 bits per heavy atom. The van der Waals surface area contributed by atoms with Gasteiger partial charge in [-0.05, 0) is 13.1 Å². The average molecular weight is 490 g/mol. The van der Waals surface area contributed by atoms with Crippen LogP contribution in [0.4, 0.5) is 0 Å². The molecule has 8 heteroatoms. The zero-order valence-corrected chi connectivity index (χ0v) is 23.0. The molecule has 0 spiro atoms. The van der Waals surface area contributed by atoms with E-state index in [4.69, 9.17) is 4.74 Å². The van der Waals surface area contributed by atoms with E-state index in [0.29, 0.717) is 46.3 Å². The van der Waals surface area contributed by atoms with Gasteiger partial charge in [-0.25, -0.2) is 0 Å². The molecule has 1 heterocycles. The Morgan fingerprint density at radius 2 is 1.91 bits per heavy atom. The maximum Gasteiger partial charge on any atom is 0.270 e. The minimum absolute atomic E-state index is 0.0514. The number of allylic oxidation sites excluding steroid dienone is 2. The Labute approximate surface area is 199 Å². The summed E-state index contributed by atoms with van der Waals surface area (Å²) < 4.78 is 26.1. The molecule has 2 fully saturated rings. The molecule has 7 atom stereocenters. The van der Waals surface area contributed by atoms with Crippen LogP contribution in [0.25, 0.3) is 0 Å². The van der Waals surface area contributed by atoms with E-state index in [-0.39, 0.29) is 17.5 Å². The third-order valence-corrected chi connectivity index (χ3v) is 9.44. The number of carbonyl (C=O) groups excluding carboxylic acids is 1. The summed E-state index contributed by atoms with van der Waals surface area (Å²) in [4.78, 5) is 11.8. The summed E-state index contributed by atoms with van der Waals surface area (Å²) in [6.07, 6.45) is 8.49. The van der Waals surface area contributed by atoms with Crippen LogP contribution in [0.15, 0.2) is 42.5 Å². The van der Waals surface area contributed by atoms with E-state index in [9.17, 15) is 14.0 Å². The predicted octanol–water partition coefficient (Wildman–Crippen LogP) is 6.06. The molecule has 1 saturated carbocycles. The first kappa shape index (κ1) is 27.4. The number of rotatable bonds is 8. The molecular formula is C24H37BO4P2Si. The second kappa shape index (κ2) is 13.2. The summed E-state index contributed by atoms with van der Waals surface area (Å²) in [5.74, 6) is 1.09. The van der Waals surface area contributed by atoms with Gasteiger partial charge in [-0.15, -0.1) is 0 Å². The number of fused-ring (bicyclic) bond motifs is 1. The number of carbonyl (C=O) groups is 1. The molecule has 1 aliphatic heterocycles. The number of hydrogen-bond acceptors (Lipinski definition) is 4. The van der Waals surface area contributed by atoms with E-state index in [1.807, 2.05) is 0 Å². The van der Waals surface area contributed by atoms with E-state index in [2.05, 4.69) is 63.3 Å². The molecule has 32 heavy (non-hydrogen) atoms. The largest absolute Gasteiger partial charge is 0.389 e. The van der Waals surface area contributed by atoms with Crippen LogP contribution in [0.3, 0.4) is 0 Å². The molecule has 0 amide bonds. The van der Waals surface area contributed by atoms with Gasteiger partial charge >= 0.3 is 167 Å². The van der Waals surface area contributed by atoms with E-state index < -0.39 is 8.68 Å². The van der Waals surface area contributed by atoms with Gasteiger partial charge in [-0.3, -0.25) is 0 Å². The first-order chi connectivity index (χ1) is 15.1. The quantitative estimate of drug-likeness (QED) is 0.192. The van der Waals surface area contributed by atoms with Crippen LogP contribution in [0.5, 0.6) is 0 Å². The van der Waals surface area contributed by atoms with Crippen molar-refractivity contribution in [3.8, 4) is 0 Å². The molecule has 1 aromatic rings. The van der Waals surface area contributed by atoms with Crippen LogP contribution >= 0.6 is 16.4 Å². The van der Waals surface area contributed by atoms with Crippen molar-refractivity contribution in [3.63, 3.8) is 0 Å². The molecule has 174 valence electrons. The van der Waals surface area contributed by atoms with Gasteiger partial charge in [-0.2, -0.15) is 0 Å². The van der Waals surface area contributed by atoms with Crippen molar-refractivity contribution < 1.29 is 18.7 Å². The molecule has 0 aromatic heterocycles. The molecular weight excluding hydrogens is 453 g/mol. The van der Waals surface area contributed by atoms with Crippen molar-refractivity contribution in [2.45, 2.75) is 71.3 Å². The molecule has 0 bridgehead atoms. The fourth-order valence-electron chi connectivity index (χ4n) is 4.56. The zero-order chi connectivity index (χ0) is 23.7. The second-order valence-corrected chi connectivity index (χ2v) is 15.1. The molecule has 2 aliphatic rings. The monoisotopic (exact) mass is 490 g/mol.